The standard InChI is InChI=1S/C41H70N2O25.Na/c1-17-27(52)30(55)31(56)38(62-17)66-35-26(43-19(3)48)37(61-12-10-8-6-5-7-9-11-24(51)60-4)64-23(16-46)33(35)65-39-32(57)36(29(54)22(15-45)63-39)68-41(40(58)59)13-20(49)25(42-18(2)47)34(67-41)28(53)21(50)14-44;/h17,20-23,25-39,44-46,49-50,52-57H,5-16H2,1-4H3,(H,42,47)(H,43,48)(H,58,59);/q;+1/p-1/t17?,20?,21?,22-,23-,25?,26?,27?,28?,29?,30?,31?,32?,33?,34?,35?,36?,37?,38?,39?,41?;/m1./s1. The molecule has 2 amide bonds. The maximum atomic E-state index is 12.9. The molecule has 394 valence electrons. The summed E-state index contributed by atoms with van der Waals surface area (Å²) < 4.78 is 51.9. The Hall–Kier alpha value is -1.88. The molecule has 4 heterocycles. The Kier molecular flexibility index (Phi) is 25.4. The number of aliphatic hydroxyl groups is 11. The number of carboxylic acids is 1. The quantitative estimate of drug-likeness (QED) is 0.0243. The zero-order valence-corrected chi connectivity index (χ0v) is 41.2. The predicted molar refractivity (Wildman–Crippen MR) is 218 cm³/mol. The van der Waals surface area contributed by atoms with E-state index in [1.165, 1.54) is 14.0 Å². The zero-order valence-electron chi connectivity index (χ0n) is 39.2. The van der Waals surface area contributed by atoms with E-state index in [0.717, 1.165) is 33.1 Å². The number of unbranched alkanes of at least 4 members (excludes halogenated alkanes) is 5. The summed E-state index contributed by atoms with van der Waals surface area (Å²) in [5, 5.41) is 136. The Morgan fingerprint density at radius 3 is 1.86 bits per heavy atom. The summed E-state index contributed by atoms with van der Waals surface area (Å²) in [4.78, 5) is 49.1. The van der Waals surface area contributed by atoms with Crippen LogP contribution in [0, 0.1) is 0 Å². The molecule has 4 aliphatic rings. The molecule has 21 atom stereocenters. The minimum atomic E-state index is -3.24. The van der Waals surface area contributed by atoms with Crippen molar-refractivity contribution in [3.8, 4) is 0 Å². The Labute approximate surface area is 419 Å². The summed E-state index contributed by atoms with van der Waals surface area (Å²) >= 11 is 0. The van der Waals surface area contributed by atoms with Gasteiger partial charge in [-0.2, -0.15) is 0 Å². The van der Waals surface area contributed by atoms with Crippen LogP contribution in [0.1, 0.15) is 72.1 Å². The molecular weight excluding hydrogens is 943 g/mol. The molecule has 27 nitrogen and oxygen atoms in total. The van der Waals surface area contributed by atoms with Gasteiger partial charge in [0, 0.05) is 33.3 Å². The van der Waals surface area contributed by atoms with E-state index in [9.17, 15) is 80.5 Å². The van der Waals surface area contributed by atoms with Crippen molar-refractivity contribution in [3.05, 3.63) is 0 Å². The molecule has 0 bridgehead atoms. The average molecular weight is 1010 g/mol. The molecule has 13 N–H and O–H groups in total. The number of carbonyl (C=O) groups is 4. The third-order valence-electron chi connectivity index (χ3n) is 12.2. The van der Waals surface area contributed by atoms with Gasteiger partial charge in [0.15, 0.2) is 18.9 Å². The van der Waals surface area contributed by atoms with Crippen LogP contribution in [0.15, 0.2) is 0 Å². The number of ether oxygens (including phenoxy) is 9. The number of hydrogen-bond donors (Lipinski definition) is 13. The first-order chi connectivity index (χ1) is 32.1. The molecule has 0 saturated carbocycles. The van der Waals surface area contributed by atoms with Gasteiger partial charge in [-0.15, -0.1) is 0 Å². The molecule has 4 aliphatic heterocycles. The van der Waals surface area contributed by atoms with Crippen LogP contribution in [-0.4, -0.2) is 242 Å². The van der Waals surface area contributed by atoms with Gasteiger partial charge in [-0.25, -0.2) is 0 Å². The normalized spacial score (nSPS) is 39.1. The summed E-state index contributed by atoms with van der Waals surface area (Å²) in [6.07, 6.45) is -30.3. The minimum Gasteiger partial charge on any atom is -0.544 e. The van der Waals surface area contributed by atoms with E-state index in [0.29, 0.717) is 25.7 Å². The van der Waals surface area contributed by atoms with Crippen molar-refractivity contribution >= 4 is 23.8 Å². The topological polar surface area (TPSA) is 421 Å². The van der Waals surface area contributed by atoms with E-state index >= 15 is 0 Å². The van der Waals surface area contributed by atoms with E-state index in [-0.39, 0.29) is 42.1 Å². The number of carboxylic acid groups (broad SMARTS) is 1. The molecule has 19 unspecified atom stereocenters. The zero-order chi connectivity index (χ0) is 50.6. The number of aliphatic hydroxyl groups excluding tert-OH is 11. The van der Waals surface area contributed by atoms with Crippen LogP contribution in [0.5, 0.6) is 0 Å². The molecule has 0 aromatic rings. The van der Waals surface area contributed by atoms with Crippen molar-refractivity contribution in [2.24, 2.45) is 0 Å². The molecular formula is C41H69N2NaO25. The molecule has 0 aromatic carbocycles. The Morgan fingerprint density at radius 1 is 0.710 bits per heavy atom. The number of carbonyl (C=O) groups excluding carboxylic acids is 4. The van der Waals surface area contributed by atoms with Gasteiger partial charge >= 0.3 is 35.5 Å². The molecule has 0 spiro atoms. The van der Waals surface area contributed by atoms with E-state index in [4.69, 9.17) is 37.9 Å². The number of amides is 2. The second kappa shape index (κ2) is 28.5. The number of esters is 1. The van der Waals surface area contributed by atoms with Crippen LogP contribution in [-0.2, 0) is 61.8 Å². The maximum Gasteiger partial charge on any atom is 1.00 e. The predicted octanol–water partition coefficient (Wildman–Crippen LogP) is -10.6. The van der Waals surface area contributed by atoms with Crippen LogP contribution < -0.4 is 45.3 Å². The summed E-state index contributed by atoms with van der Waals surface area (Å²) in [6, 6.07) is -3.07. The molecule has 0 aliphatic carbocycles. The van der Waals surface area contributed by atoms with E-state index in [2.05, 4.69) is 15.4 Å². The summed E-state index contributed by atoms with van der Waals surface area (Å²) in [6.45, 7) is 0.453. The number of hydrogen-bond acceptors (Lipinski definition) is 25. The number of rotatable bonds is 24. The van der Waals surface area contributed by atoms with Crippen molar-refractivity contribution in [1.29, 1.82) is 0 Å². The number of nitrogens with one attached hydrogen (secondary N) is 2. The Balaban J connectivity index is 0.0000126. The second-order valence-electron chi connectivity index (χ2n) is 17.3. The van der Waals surface area contributed by atoms with Crippen LogP contribution in [0.25, 0.3) is 0 Å². The summed E-state index contributed by atoms with van der Waals surface area (Å²) in [5.41, 5.74) is 0. The van der Waals surface area contributed by atoms with E-state index in [1.54, 1.807) is 0 Å². The van der Waals surface area contributed by atoms with Gasteiger partial charge < -0.3 is 119 Å². The molecule has 4 rings (SSSR count). The van der Waals surface area contributed by atoms with Crippen molar-refractivity contribution in [2.45, 2.75) is 200 Å². The van der Waals surface area contributed by atoms with Gasteiger partial charge in [-0.05, 0) is 19.8 Å². The molecule has 69 heavy (non-hydrogen) atoms. The Bertz CT molecular complexity index is 1610. The van der Waals surface area contributed by atoms with E-state index in [1.807, 2.05) is 0 Å². The van der Waals surface area contributed by atoms with E-state index < -0.39 is 172 Å². The first-order valence-electron chi connectivity index (χ1n) is 22.5. The second-order valence-corrected chi connectivity index (χ2v) is 17.3. The van der Waals surface area contributed by atoms with Gasteiger partial charge in [-0.3, -0.25) is 14.4 Å². The molecule has 4 fully saturated rings. The van der Waals surface area contributed by atoms with Crippen LogP contribution in [0.4, 0.5) is 0 Å². The average Bonchev–Trinajstić information content (AvgIpc) is 3.30. The molecule has 28 heteroatoms. The molecule has 0 radical (unpaired) electrons. The SMILES string of the molecule is COC(=O)CCCCCCCCOC1O[C@H](CO)C(OC2O[C@H](CO)C(O)C(OC3(C(=O)[O-])CC(O)C(NC(C)=O)C(C(O)C(O)CO)O3)C2O)C(OC2OC(C)C(O)C(O)C2O)C1NC(C)=O.[Na+]. The van der Waals surface area contributed by atoms with Crippen molar-refractivity contribution in [3.63, 3.8) is 0 Å². The monoisotopic (exact) mass is 1010 g/mol. The van der Waals surface area contributed by atoms with Gasteiger partial charge in [0.2, 0.25) is 17.6 Å². The third kappa shape index (κ3) is 15.8. The fourth-order valence-electron chi connectivity index (χ4n) is 8.49. The molecule has 0 aromatic heterocycles. The van der Waals surface area contributed by atoms with Gasteiger partial charge in [0.05, 0.1) is 45.2 Å². The summed E-state index contributed by atoms with van der Waals surface area (Å²) in [5.74, 6) is -7.29. The van der Waals surface area contributed by atoms with Crippen molar-refractivity contribution in [2.75, 3.05) is 33.5 Å². The number of aliphatic carboxylic acids is 1. The van der Waals surface area contributed by atoms with Crippen LogP contribution >= 0.6 is 0 Å². The van der Waals surface area contributed by atoms with Gasteiger partial charge in [-0.1, -0.05) is 25.7 Å². The number of methoxy groups -OCH3 is 1. The fourth-order valence-corrected chi connectivity index (χ4v) is 8.49. The third-order valence-corrected chi connectivity index (χ3v) is 12.2. The van der Waals surface area contributed by atoms with Gasteiger partial charge in [0.25, 0.3) is 0 Å². The van der Waals surface area contributed by atoms with Crippen LogP contribution in [0.2, 0.25) is 0 Å². The fraction of sp³-hybridized carbons (Fsp3) is 0.902. The molecule has 4 saturated heterocycles. The smallest absolute Gasteiger partial charge is 0.544 e. The first-order valence-corrected chi connectivity index (χ1v) is 22.5. The largest absolute Gasteiger partial charge is 1.00 e. The van der Waals surface area contributed by atoms with Crippen LogP contribution in [0.3, 0.4) is 0 Å². The Morgan fingerprint density at radius 2 is 1.28 bits per heavy atom. The van der Waals surface area contributed by atoms with Gasteiger partial charge in [0.1, 0.15) is 91.4 Å². The van der Waals surface area contributed by atoms with Crippen molar-refractivity contribution in [1.82, 2.24) is 10.6 Å². The summed E-state index contributed by atoms with van der Waals surface area (Å²) in [7, 11) is 1.31. The first kappa shape index (κ1) is 61.4. The maximum absolute atomic E-state index is 12.9. The van der Waals surface area contributed by atoms with Crippen molar-refractivity contribution < 1.29 is 153 Å². The minimum absolute atomic E-state index is 0.